The number of fused-ring (bicyclic) bond motifs is 1. The third kappa shape index (κ3) is 3.71. The van der Waals surface area contributed by atoms with Crippen molar-refractivity contribution in [2.75, 3.05) is 11.9 Å². The normalized spacial score (nSPS) is 29.4. The first-order valence-electron chi connectivity index (χ1n) is 10.2. The van der Waals surface area contributed by atoms with Crippen molar-refractivity contribution in [3.05, 3.63) is 53.5 Å². The summed E-state index contributed by atoms with van der Waals surface area (Å²) >= 11 is 0. The van der Waals surface area contributed by atoms with E-state index in [1.165, 1.54) is 20.8 Å². The first-order valence-corrected chi connectivity index (χ1v) is 11.8. The number of rotatable bonds is 3. The second-order valence-electron chi connectivity index (χ2n) is 8.90. The Morgan fingerprint density at radius 2 is 1.88 bits per heavy atom. The van der Waals surface area contributed by atoms with E-state index in [0.29, 0.717) is 0 Å². The Morgan fingerprint density at radius 3 is 2.53 bits per heavy atom. The van der Waals surface area contributed by atoms with Gasteiger partial charge in [-0.3, -0.25) is 9.79 Å². The van der Waals surface area contributed by atoms with E-state index in [-0.39, 0.29) is 17.3 Å². The third-order valence-corrected chi connectivity index (χ3v) is 9.79. The Bertz CT molecular complexity index is 1320. The molecule has 1 amide bonds. The van der Waals surface area contributed by atoms with Crippen molar-refractivity contribution < 1.29 is 26.6 Å². The number of aliphatic imine (C=N–C) groups is 1. The van der Waals surface area contributed by atoms with Crippen LogP contribution in [0.5, 0.6) is 0 Å². The van der Waals surface area contributed by atoms with Crippen LogP contribution in [0, 0.1) is 11.6 Å². The number of anilines is 1. The van der Waals surface area contributed by atoms with Crippen LogP contribution in [0.2, 0.25) is 0 Å². The number of amides is 1. The maximum atomic E-state index is 15.0. The number of carbonyl (C=O) groups is 1. The van der Waals surface area contributed by atoms with E-state index in [1.54, 1.807) is 0 Å². The lowest BCUT2D eigenvalue weighted by Crippen LogP contribution is -2.62. The fourth-order valence-corrected chi connectivity index (χ4v) is 7.32. The van der Waals surface area contributed by atoms with E-state index >= 15 is 4.39 Å². The molecule has 34 heavy (non-hydrogen) atoms. The number of pyridine rings is 2. The van der Waals surface area contributed by atoms with Gasteiger partial charge in [-0.05, 0) is 45.0 Å². The van der Waals surface area contributed by atoms with Gasteiger partial charge in [-0.25, -0.2) is 36.1 Å². The number of aromatic nitrogens is 2. The van der Waals surface area contributed by atoms with Crippen molar-refractivity contribution in [1.82, 2.24) is 9.97 Å². The fourth-order valence-electron chi connectivity index (χ4n) is 4.13. The van der Waals surface area contributed by atoms with Gasteiger partial charge in [-0.15, -0.1) is 0 Å². The summed E-state index contributed by atoms with van der Waals surface area (Å²) in [5.74, 6) is -5.85. The number of halogens is 4. The lowest BCUT2D eigenvalue weighted by molar-refractivity contribution is -0.00686. The number of nitrogens with zero attached hydrogens (tertiary/aromatic N) is 4. The average Bonchev–Trinajstić information content (AvgIpc) is 2.76. The molecule has 3 N–H and O–H groups in total. The molecule has 182 valence electrons. The molecule has 8 nitrogen and oxygen atoms in total. The lowest BCUT2D eigenvalue weighted by atomic mass is 9.88. The van der Waals surface area contributed by atoms with E-state index < -0.39 is 67.4 Å². The molecule has 13 heteroatoms. The summed E-state index contributed by atoms with van der Waals surface area (Å²) in [4.78, 5) is 24.6. The van der Waals surface area contributed by atoms with Gasteiger partial charge in [0.1, 0.15) is 51.5 Å². The van der Waals surface area contributed by atoms with Crippen LogP contribution in [0.3, 0.4) is 0 Å². The van der Waals surface area contributed by atoms with E-state index in [1.807, 2.05) is 0 Å². The smallest absolute Gasteiger partial charge is 0.275 e. The molecule has 3 atom stereocenters. The number of amidine groups is 1. The van der Waals surface area contributed by atoms with E-state index in [9.17, 15) is 22.2 Å². The van der Waals surface area contributed by atoms with Crippen molar-refractivity contribution in [2.45, 2.75) is 48.7 Å². The summed E-state index contributed by atoms with van der Waals surface area (Å²) in [6.07, 6.45) is -0.00660. The maximum absolute atomic E-state index is 15.0. The highest BCUT2D eigenvalue weighted by atomic mass is 32.2. The zero-order valence-electron chi connectivity index (χ0n) is 18.5. The first kappa shape index (κ1) is 24.0. The maximum Gasteiger partial charge on any atom is 0.275 e. The summed E-state index contributed by atoms with van der Waals surface area (Å²) in [6.45, 7) is 3.40. The molecule has 0 saturated heterocycles. The number of hydrogen-bond donors (Lipinski definition) is 2. The minimum absolute atomic E-state index is 0.128. The summed E-state index contributed by atoms with van der Waals surface area (Å²) in [5.41, 5.74) is 3.70. The second kappa shape index (κ2) is 7.72. The van der Waals surface area contributed by atoms with Crippen molar-refractivity contribution in [3.8, 4) is 0 Å². The van der Waals surface area contributed by atoms with Gasteiger partial charge in [0.25, 0.3) is 11.8 Å². The van der Waals surface area contributed by atoms with Gasteiger partial charge in [-0.1, -0.05) is 0 Å². The Balaban J connectivity index is 1.81. The molecule has 0 radical (unpaired) electrons. The molecule has 0 saturated carbocycles. The summed E-state index contributed by atoms with van der Waals surface area (Å²) in [7, 11) is -3.44. The highest BCUT2D eigenvalue weighted by Crippen LogP contribution is 2.49. The van der Waals surface area contributed by atoms with Crippen molar-refractivity contribution >= 4 is 27.3 Å². The molecular formula is C21H22F4N6O2S. The van der Waals surface area contributed by atoms with E-state index in [0.717, 1.165) is 30.5 Å². The van der Waals surface area contributed by atoms with Crippen LogP contribution in [0.1, 0.15) is 43.4 Å². The van der Waals surface area contributed by atoms with Gasteiger partial charge in [0.15, 0.2) is 0 Å². The summed E-state index contributed by atoms with van der Waals surface area (Å²) < 4.78 is 73.5. The van der Waals surface area contributed by atoms with Gasteiger partial charge in [0.05, 0.1) is 21.2 Å². The SMILES string of the molecule is CC1(C)C(N)=N[C@](C)(c2nc(NC(=O)c3ccc(F)cn3)ccc2F)[C@H]2CC(F)(F)CN=[S@@]21=O. The number of carbonyl (C=O) groups excluding carboxylic acids is 1. The van der Waals surface area contributed by atoms with E-state index in [2.05, 4.69) is 24.6 Å². The minimum atomic E-state index is -3.44. The molecule has 0 spiro atoms. The molecule has 2 aliphatic rings. The van der Waals surface area contributed by atoms with Crippen molar-refractivity contribution in [3.63, 3.8) is 0 Å². The molecule has 2 aliphatic heterocycles. The second-order valence-corrected chi connectivity index (χ2v) is 11.9. The quantitative estimate of drug-likeness (QED) is 0.629. The first-order chi connectivity index (χ1) is 15.7. The lowest BCUT2D eigenvalue weighted by Gasteiger charge is -2.48. The monoisotopic (exact) mass is 498 g/mol. The zero-order chi connectivity index (χ0) is 25.1. The van der Waals surface area contributed by atoms with Crippen molar-refractivity contribution in [1.29, 1.82) is 0 Å². The van der Waals surface area contributed by atoms with Gasteiger partial charge >= 0.3 is 0 Å². The van der Waals surface area contributed by atoms with Crippen LogP contribution < -0.4 is 11.1 Å². The summed E-state index contributed by atoms with van der Waals surface area (Å²) in [5, 5.41) is 0.998. The Labute approximate surface area is 193 Å². The highest BCUT2D eigenvalue weighted by molar-refractivity contribution is 7.96. The van der Waals surface area contributed by atoms with Crippen LogP contribution >= 0.6 is 0 Å². The third-order valence-electron chi connectivity index (χ3n) is 6.21. The number of alkyl halides is 2. The minimum Gasteiger partial charge on any atom is -0.386 e. The summed E-state index contributed by atoms with van der Waals surface area (Å²) in [6, 6.07) is 4.32. The predicted molar refractivity (Wildman–Crippen MR) is 118 cm³/mol. The standard InChI is InChI=1S/C21H22F4N6O2S/c1-19(2)18(26)31-20(3,14-8-21(24,25)10-28-34(14,19)33)16-12(23)5-7-15(29-16)30-17(32)13-6-4-11(22)9-27-13/h4-7,9,14H,8,10H2,1-3H3,(H2,26,31)(H,29,30,32)/t14-,20+,34-/m1/s1. The average molecular weight is 499 g/mol. The predicted octanol–water partition coefficient (Wildman–Crippen LogP) is 3.25. The number of nitrogens with two attached hydrogens (primary N) is 1. The van der Waals surface area contributed by atoms with Crippen LogP contribution in [0.4, 0.5) is 23.4 Å². The largest absolute Gasteiger partial charge is 0.386 e. The molecule has 0 fully saturated rings. The van der Waals surface area contributed by atoms with Crippen LogP contribution in [-0.4, -0.2) is 48.4 Å². The number of nitrogens with one attached hydrogen (secondary N) is 1. The van der Waals surface area contributed by atoms with Crippen LogP contribution in [0.15, 0.2) is 39.8 Å². The molecule has 2 aromatic heterocycles. The molecule has 4 rings (SSSR count). The van der Waals surface area contributed by atoms with E-state index in [4.69, 9.17) is 5.73 Å². The Kier molecular flexibility index (Phi) is 5.46. The molecule has 2 aromatic rings. The van der Waals surface area contributed by atoms with Gasteiger partial charge in [0, 0.05) is 6.42 Å². The van der Waals surface area contributed by atoms with Gasteiger partial charge < -0.3 is 11.1 Å². The zero-order valence-corrected chi connectivity index (χ0v) is 19.3. The molecular weight excluding hydrogens is 476 g/mol. The number of hydrogen-bond acceptors (Lipinski definition) is 7. The molecule has 4 heterocycles. The molecule has 0 bridgehead atoms. The molecule has 0 unspecified atom stereocenters. The van der Waals surface area contributed by atoms with Crippen molar-refractivity contribution in [2.24, 2.45) is 15.1 Å². The fraction of sp³-hybridized carbons (Fsp3) is 0.429. The van der Waals surface area contributed by atoms with Crippen LogP contribution in [0.25, 0.3) is 0 Å². The van der Waals surface area contributed by atoms with Gasteiger partial charge in [0.2, 0.25) is 0 Å². The topological polar surface area (TPSA) is 123 Å². The Morgan fingerprint density at radius 1 is 1.18 bits per heavy atom. The molecule has 0 aromatic carbocycles. The highest BCUT2D eigenvalue weighted by Gasteiger charge is 2.60. The van der Waals surface area contributed by atoms with Gasteiger partial charge in [-0.2, -0.15) is 0 Å². The Hall–Kier alpha value is -3.09. The molecule has 0 aliphatic carbocycles. The van der Waals surface area contributed by atoms with Crippen LogP contribution in [-0.2, 0) is 15.3 Å².